The van der Waals surface area contributed by atoms with Crippen molar-refractivity contribution in [1.29, 1.82) is 0 Å². The van der Waals surface area contributed by atoms with Crippen molar-refractivity contribution in [3.63, 3.8) is 0 Å². The van der Waals surface area contributed by atoms with Crippen molar-refractivity contribution < 1.29 is 13.9 Å². The van der Waals surface area contributed by atoms with Gasteiger partial charge in [0.1, 0.15) is 10.7 Å². The topological polar surface area (TPSA) is 96.6 Å². The van der Waals surface area contributed by atoms with Crippen molar-refractivity contribution in [2.24, 2.45) is 5.92 Å². The zero-order valence-electron chi connectivity index (χ0n) is 17.1. The standard InChI is InChI=1S/C21H24N6O3S/c28-18(15-4-8-27(9-5-15)20-22-6-2-7-23-20)25-21-24-17(16-3-1-12-30-16)19(31-21)26-10-13-29-14-11-26/h1-3,6-7,12,15H,4-5,8-11,13-14H2,(H,24,25,28). The van der Waals surface area contributed by atoms with E-state index in [1.807, 2.05) is 12.1 Å². The minimum absolute atomic E-state index is 0.0157. The van der Waals surface area contributed by atoms with Crippen molar-refractivity contribution in [2.45, 2.75) is 12.8 Å². The predicted molar refractivity (Wildman–Crippen MR) is 118 cm³/mol. The average Bonchev–Trinajstić information content (AvgIpc) is 3.50. The molecule has 3 aromatic heterocycles. The van der Waals surface area contributed by atoms with Crippen LogP contribution in [0.5, 0.6) is 0 Å². The number of hydrogen-bond donors (Lipinski definition) is 1. The third-order valence-electron chi connectivity index (χ3n) is 5.59. The minimum Gasteiger partial charge on any atom is -0.463 e. The van der Waals surface area contributed by atoms with E-state index in [1.54, 1.807) is 24.7 Å². The highest BCUT2D eigenvalue weighted by Crippen LogP contribution is 2.39. The SMILES string of the molecule is O=C(Nc1nc(-c2ccco2)c(N2CCOCC2)s1)C1CCN(c2ncccn2)CC1. The highest BCUT2D eigenvalue weighted by atomic mass is 32.1. The predicted octanol–water partition coefficient (Wildman–Crippen LogP) is 2.88. The summed E-state index contributed by atoms with van der Waals surface area (Å²) in [5.74, 6) is 1.39. The number of hydrogen-bond acceptors (Lipinski definition) is 9. The van der Waals surface area contributed by atoms with E-state index in [4.69, 9.17) is 14.1 Å². The molecule has 2 saturated heterocycles. The summed E-state index contributed by atoms with van der Waals surface area (Å²) in [4.78, 5) is 30.6. The van der Waals surface area contributed by atoms with E-state index in [9.17, 15) is 4.79 Å². The van der Waals surface area contributed by atoms with Gasteiger partial charge in [0.05, 0.1) is 19.5 Å². The van der Waals surface area contributed by atoms with Crippen LogP contribution < -0.4 is 15.1 Å². The molecule has 0 bridgehead atoms. The summed E-state index contributed by atoms with van der Waals surface area (Å²) in [6.07, 6.45) is 6.65. The van der Waals surface area contributed by atoms with E-state index in [0.29, 0.717) is 24.1 Å². The van der Waals surface area contributed by atoms with Gasteiger partial charge < -0.3 is 24.3 Å². The monoisotopic (exact) mass is 440 g/mol. The summed E-state index contributed by atoms with van der Waals surface area (Å²) in [6.45, 7) is 4.47. The molecule has 1 N–H and O–H groups in total. The maximum atomic E-state index is 12.9. The fourth-order valence-corrected chi connectivity index (χ4v) is 4.95. The number of rotatable bonds is 5. The van der Waals surface area contributed by atoms with Gasteiger partial charge in [-0.1, -0.05) is 11.3 Å². The Labute approximate surface area is 184 Å². The molecule has 0 saturated carbocycles. The Kier molecular flexibility index (Phi) is 5.81. The van der Waals surface area contributed by atoms with Crippen LogP contribution in [0.25, 0.3) is 11.5 Å². The number of anilines is 3. The molecule has 0 radical (unpaired) electrons. The van der Waals surface area contributed by atoms with E-state index >= 15 is 0 Å². The van der Waals surface area contributed by atoms with E-state index in [2.05, 4.69) is 25.1 Å². The Morgan fingerprint density at radius 3 is 2.55 bits per heavy atom. The Morgan fingerprint density at radius 2 is 1.84 bits per heavy atom. The molecule has 0 unspecified atom stereocenters. The number of ether oxygens (including phenoxy) is 1. The third-order valence-corrected chi connectivity index (χ3v) is 6.62. The number of aromatic nitrogens is 3. The van der Waals surface area contributed by atoms with Crippen LogP contribution in [-0.4, -0.2) is 60.3 Å². The van der Waals surface area contributed by atoms with Crippen LogP contribution in [0.2, 0.25) is 0 Å². The lowest BCUT2D eigenvalue weighted by Gasteiger charge is -2.31. The molecule has 5 rings (SSSR count). The molecule has 5 heterocycles. The fourth-order valence-electron chi connectivity index (χ4n) is 3.92. The average molecular weight is 441 g/mol. The molecule has 9 nitrogen and oxygen atoms in total. The van der Waals surface area contributed by atoms with Crippen LogP contribution >= 0.6 is 11.3 Å². The molecular weight excluding hydrogens is 416 g/mol. The third kappa shape index (κ3) is 4.40. The number of nitrogens with one attached hydrogen (secondary N) is 1. The number of carbonyl (C=O) groups excluding carboxylic acids is 1. The van der Waals surface area contributed by atoms with Crippen molar-refractivity contribution in [1.82, 2.24) is 15.0 Å². The molecule has 0 aliphatic carbocycles. The van der Waals surface area contributed by atoms with Crippen LogP contribution in [0.3, 0.4) is 0 Å². The van der Waals surface area contributed by atoms with Gasteiger partial charge in [0.25, 0.3) is 0 Å². The molecule has 2 aliphatic heterocycles. The first kappa shape index (κ1) is 20.0. The van der Waals surface area contributed by atoms with Gasteiger partial charge in [0.15, 0.2) is 10.9 Å². The number of piperidine rings is 1. The first-order valence-corrected chi connectivity index (χ1v) is 11.3. The molecule has 162 valence electrons. The molecule has 1 amide bonds. The second kappa shape index (κ2) is 9.03. The smallest absolute Gasteiger partial charge is 0.229 e. The Hall–Kier alpha value is -2.98. The second-order valence-corrected chi connectivity index (χ2v) is 8.53. The summed E-state index contributed by atoms with van der Waals surface area (Å²) in [7, 11) is 0. The van der Waals surface area contributed by atoms with E-state index in [-0.39, 0.29) is 11.8 Å². The van der Waals surface area contributed by atoms with Gasteiger partial charge >= 0.3 is 0 Å². The summed E-state index contributed by atoms with van der Waals surface area (Å²) < 4.78 is 11.1. The quantitative estimate of drug-likeness (QED) is 0.647. The molecular formula is C21H24N6O3S. The second-order valence-electron chi connectivity index (χ2n) is 7.55. The Morgan fingerprint density at radius 1 is 1.06 bits per heavy atom. The van der Waals surface area contributed by atoms with E-state index in [0.717, 1.165) is 55.7 Å². The maximum absolute atomic E-state index is 12.9. The summed E-state index contributed by atoms with van der Waals surface area (Å²) in [5.41, 5.74) is 0.767. The van der Waals surface area contributed by atoms with Crippen LogP contribution in [0.15, 0.2) is 41.3 Å². The van der Waals surface area contributed by atoms with Crippen LogP contribution in [0.1, 0.15) is 12.8 Å². The fraction of sp³-hybridized carbons (Fsp3) is 0.429. The van der Waals surface area contributed by atoms with Gasteiger partial charge in [-0.2, -0.15) is 0 Å². The lowest BCUT2D eigenvalue weighted by Crippen LogP contribution is -2.39. The first-order valence-electron chi connectivity index (χ1n) is 10.5. The molecule has 2 fully saturated rings. The summed E-state index contributed by atoms with van der Waals surface area (Å²) in [6, 6.07) is 5.55. The van der Waals surface area contributed by atoms with Gasteiger partial charge in [-0.05, 0) is 31.0 Å². The zero-order chi connectivity index (χ0) is 21.0. The number of amides is 1. The first-order chi connectivity index (χ1) is 15.3. The molecule has 0 atom stereocenters. The molecule has 3 aromatic rings. The number of furan rings is 1. The van der Waals surface area contributed by atoms with Crippen LogP contribution in [0, 0.1) is 5.92 Å². The van der Waals surface area contributed by atoms with E-state index < -0.39 is 0 Å². The van der Waals surface area contributed by atoms with Gasteiger partial charge in [0.2, 0.25) is 11.9 Å². The lowest BCUT2D eigenvalue weighted by molar-refractivity contribution is -0.120. The van der Waals surface area contributed by atoms with Crippen molar-refractivity contribution in [3.05, 3.63) is 36.9 Å². The number of carbonyl (C=O) groups is 1. The number of nitrogens with zero attached hydrogens (tertiary/aromatic N) is 5. The normalized spacial score (nSPS) is 17.7. The largest absolute Gasteiger partial charge is 0.463 e. The molecule has 31 heavy (non-hydrogen) atoms. The van der Waals surface area contributed by atoms with Gasteiger partial charge in [-0.25, -0.2) is 15.0 Å². The summed E-state index contributed by atoms with van der Waals surface area (Å²) in [5, 5.41) is 4.65. The van der Waals surface area contributed by atoms with Crippen LogP contribution in [0.4, 0.5) is 16.1 Å². The maximum Gasteiger partial charge on any atom is 0.229 e. The zero-order valence-corrected chi connectivity index (χ0v) is 17.9. The summed E-state index contributed by atoms with van der Waals surface area (Å²) >= 11 is 1.49. The van der Waals surface area contributed by atoms with E-state index in [1.165, 1.54) is 11.3 Å². The van der Waals surface area contributed by atoms with Crippen molar-refractivity contribution >= 4 is 33.3 Å². The minimum atomic E-state index is -0.0530. The number of morpholine rings is 1. The van der Waals surface area contributed by atoms with Crippen molar-refractivity contribution in [3.8, 4) is 11.5 Å². The Bertz CT molecular complexity index is 996. The Balaban J connectivity index is 1.27. The lowest BCUT2D eigenvalue weighted by atomic mass is 9.96. The molecule has 10 heteroatoms. The van der Waals surface area contributed by atoms with Gasteiger partial charge in [0, 0.05) is 44.5 Å². The van der Waals surface area contributed by atoms with Crippen LogP contribution in [-0.2, 0) is 9.53 Å². The van der Waals surface area contributed by atoms with Crippen molar-refractivity contribution in [2.75, 3.05) is 54.5 Å². The van der Waals surface area contributed by atoms with Gasteiger partial charge in [-0.15, -0.1) is 0 Å². The molecule has 0 aromatic carbocycles. The number of thiazole rings is 1. The highest BCUT2D eigenvalue weighted by molar-refractivity contribution is 7.20. The van der Waals surface area contributed by atoms with Gasteiger partial charge in [-0.3, -0.25) is 4.79 Å². The molecule has 0 spiro atoms. The molecule has 2 aliphatic rings. The highest BCUT2D eigenvalue weighted by Gasteiger charge is 2.28.